The SMILES string of the molecule is CC1=C(c2csc(Nc3ccc(Cl)c(O[C@H]4CCOC4)n3)n2)SC(N)=C[I-]1. The number of nitrogens with one attached hydrogen (secondary N) is 1. The van der Waals surface area contributed by atoms with E-state index >= 15 is 0 Å². The fourth-order valence-corrected chi connectivity index (χ4v) is 6.71. The first-order valence-electron chi connectivity index (χ1n) is 8.20. The van der Waals surface area contributed by atoms with E-state index < -0.39 is 0 Å². The molecule has 0 saturated carbocycles. The van der Waals surface area contributed by atoms with Crippen molar-refractivity contribution in [3.63, 3.8) is 0 Å². The molecule has 4 rings (SSSR count). The third-order valence-electron chi connectivity index (χ3n) is 3.81. The molecule has 1 saturated heterocycles. The maximum atomic E-state index is 6.22. The van der Waals surface area contributed by atoms with Gasteiger partial charge in [0.25, 0.3) is 0 Å². The fraction of sp³-hybridized carbons (Fsp3) is 0.294. The average Bonchev–Trinajstić information content (AvgIpc) is 3.32. The molecule has 10 heteroatoms. The monoisotopic (exact) mass is 535 g/mol. The van der Waals surface area contributed by atoms with Crippen LogP contribution >= 0.6 is 34.7 Å². The van der Waals surface area contributed by atoms with Gasteiger partial charge in [-0.05, 0) is 0 Å². The van der Waals surface area contributed by atoms with Gasteiger partial charge < -0.3 is 4.74 Å². The first kappa shape index (κ1) is 19.3. The molecule has 2 aliphatic heterocycles. The van der Waals surface area contributed by atoms with Gasteiger partial charge in [0.05, 0.1) is 6.61 Å². The van der Waals surface area contributed by atoms with Crippen LogP contribution in [0.2, 0.25) is 5.02 Å². The summed E-state index contributed by atoms with van der Waals surface area (Å²) in [7, 11) is 0. The van der Waals surface area contributed by atoms with Gasteiger partial charge in [-0.1, -0.05) is 0 Å². The molecule has 0 amide bonds. The van der Waals surface area contributed by atoms with Gasteiger partial charge in [0, 0.05) is 0 Å². The quantitative estimate of drug-likeness (QED) is 0.560. The van der Waals surface area contributed by atoms with E-state index in [9.17, 15) is 0 Å². The van der Waals surface area contributed by atoms with Gasteiger partial charge in [0.1, 0.15) is 0 Å². The number of hydrogen-bond acceptors (Lipinski definition) is 8. The number of nitrogens with zero attached hydrogens (tertiary/aromatic N) is 2. The molecule has 2 aliphatic rings. The van der Waals surface area contributed by atoms with Crippen molar-refractivity contribution >= 4 is 50.6 Å². The Hall–Kier alpha value is -1.01. The Balaban J connectivity index is 1.49. The molecule has 6 nitrogen and oxygen atoms in total. The van der Waals surface area contributed by atoms with Gasteiger partial charge in [0.15, 0.2) is 0 Å². The van der Waals surface area contributed by atoms with Crippen LogP contribution in [-0.2, 0) is 4.74 Å². The van der Waals surface area contributed by atoms with Crippen LogP contribution in [-0.4, -0.2) is 29.3 Å². The van der Waals surface area contributed by atoms with Crippen LogP contribution in [0.4, 0.5) is 10.9 Å². The number of rotatable bonds is 5. The maximum absolute atomic E-state index is 6.22. The molecule has 0 unspecified atom stereocenters. The predicted molar refractivity (Wildman–Crippen MR) is 107 cm³/mol. The molecule has 144 valence electrons. The Kier molecular flexibility index (Phi) is 6.12. The second-order valence-corrected chi connectivity index (χ2v) is 11.0. The van der Waals surface area contributed by atoms with Crippen LogP contribution in [0.1, 0.15) is 19.0 Å². The zero-order valence-corrected chi connectivity index (χ0v) is 18.9. The molecule has 3 N–H and O–H groups in total. The van der Waals surface area contributed by atoms with Crippen molar-refractivity contribution in [2.24, 2.45) is 5.73 Å². The molecular weight excluding hydrogens is 519 g/mol. The summed E-state index contributed by atoms with van der Waals surface area (Å²) in [6, 6.07) is 3.59. The molecule has 4 heterocycles. The predicted octanol–water partition coefficient (Wildman–Crippen LogP) is 1.38. The number of aromatic nitrogens is 2. The molecule has 1 atom stereocenters. The van der Waals surface area contributed by atoms with Gasteiger partial charge in [-0.15, -0.1) is 0 Å². The summed E-state index contributed by atoms with van der Waals surface area (Å²) in [4.78, 5) is 10.4. The first-order chi connectivity index (χ1) is 13.1. The van der Waals surface area contributed by atoms with Gasteiger partial charge in [-0.3, -0.25) is 0 Å². The Morgan fingerprint density at radius 3 is 3.11 bits per heavy atom. The molecular formula is C17H17ClIN4O2S2-. The van der Waals surface area contributed by atoms with Crippen molar-refractivity contribution < 1.29 is 30.7 Å². The van der Waals surface area contributed by atoms with Gasteiger partial charge in [-0.25, -0.2) is 0 Å². The van der Waals surface area contributed by atoms with E-state index in [2.05, 4.69) is 21.3 Å². The minimum atomic E-state index is -0.148. The second kappa shape index (κ2) is 8.56. The zero-order valence-electron chi connectivity index (χ0n) is 14.4. The van der Waals surface area contributed by atoms with E-state index in [0.717, 1.165) is 22.3 Å². The first-order valence-corrected chi connectivity index (χ1v) is 12.6. The number of nitrogens with two attached hydrogens (primary N) is 1. The molecule has 0 aliphatic carbocycles. The van der Waals surface area contributed by atoms with Gasteiger partial charge >= 0.3 is 170 Å². The molecule has 2 aromatic rings. The topological polar surface area (TPSA) is 82.3 Å². The van der Waals surface area contributed by atoms with Crippen LogP contribution in [0, 0.1) is 0 Å². The molecule has 0 bridgehead atoms. The summed E-state index contributed by atoms with van der Waals surface area (Å²) in [6.07, 6.45) is 0.842. The van der Waals surface area contributed by atoms with Crippen molar-refractivity contribution in [3.8, 4) is 5.88 Å². The molecule has 0 spiro atoms. The van der Waals surface area contributed by atoms with E-state index in [1.165, 1.54) is 19.8 Å². The molecule has 0 radical (unpaired) electrons. The van der Waals surface area contributed by atoms with E-state index in [0.29, 0.717) is 29.9 Å². The van der Waals surface area contributed by atoms with Crippen LogP contribution in [0.25, 0.3) is 4.91 Å². The van der Waals surface area contributed by atoms with Gasteiger partial charge in [-0.2, -0.15) is 0 Å². The summed E-state index contributed by atoms with van der Waals surface area (Å²) < 4.78 is 14.7. The Morgan fingerprint density at radius 1 is 1.41 bits per heavy atom. The Morgan fingerprint density at radius 2 is 2.30 bits per heavy atom. The van der Waals surface area contributed by atoms with Crippen molar-refractivity contribution in [2.75, 3.05) is 18.5 Å². The second-order valence-electron chi connectivity index (χ2n) is 5.84. The summed E-state index contributed by atoms with van der Waals surface area (Å²) in [6.45, 7) is 3.43. The number of allylic oxidation sites excluding steroid dienone is 1. The summed E-state index contributed by atoms with van der Waals surface area (Å²) in [5.74, 6) is 1.06. The molecule has 27 heavy (non-hydrogen) atoms. The van der Waals surface area contributed by atoms with Crippen LogP contribution in [0.15, 0.2) is 30.2 Å². The number of hydrogen-bond donors (Lipinski definition) is 2. The van der Waals surface area contributed by atoms with Crippen molar-refractivity contribution in [2.45, 2.75) is 19.4 Å². The fourth-order valence-electron chi connectivity index (χ4n) is 2.51. The average molecular weight is 536 g/mol. The van der Waals surface area contributed by atoms with E-state index in [1.54, 1.807) is 17.8 Å². The Bertz CT molecular complexity index is 912. The van der Waals surface area contributed by atoms with Crippen molar-refractivity contribution in [3.05, 3.63) is 40.9 Å². The van der Waals surface area contributed by atoms with Crippen molar-refractivity contribution in [1.29, 1.82) is 0 Å². The number of ether oxygens (including phenoxy) is 2. The van der Waals surface area contributed by atoms with E-state index in [1.807, 2.05) is 11.4 Å². The van der Waals surface area contributed by atoms with Crippen LogP contribution < -0.4 is 37.0 Å². The normalized spacial score (nSPS) is 20.2. The van der Waals surface area contributed by atoms with Crippen LogP contribution in [0.3, 0.4) is 0 Å². The van der Waals surface area contributed by atoms with E-state index in [4.69, 9.17) is 31.8 Å². The summed E-state index contributed by atoms with van der Waals surface area (Å²) in [5.41, 5.74) is 6.94. The van der Waals surface area contributed by atoms with Crippen molar-refractivity contribution in [1.82, 2.24) is 9.97 Å². The summed E-state index contributed by atoms with van der Waals surface area (Å²) >= 11 is 9.19. The molecule has 2 aromatic heterocycles. The Labute approximate surface area is 180 Å². The number of pyridine rings is 1. The number of thioether (sulfide) groups is 1. The minimum absolute atomic E-state index is 0.00299. The zero-order chi connectivity index (χ0) is 18.8. The number of thiazole rings is 1. The third-order valence-corrected chi connectivity index (χ3v) is 9.17. The van der Waals surface area contributed by atoms with Crippen LogP contribution in [0.5, 0.6) is 5.88 Å². The third kappa shape index (κ3) is 4.70. The van der Waals surface area contributed by atoms with Gasteiger partial charge in [0.2, 0.25) is 0 Å². The summed E-state index contributed by atoms with van der Waals surface area (Å²) in [5, 5.41) is 7.39. The standard InChI is InChI=1S/C17H17ClIN4O2S2/c1-9-15(27-13(20)6-19-9)12-8-26-17(21-12)23-14-3-2-11(18)16(22-14)25-10-4-5-24-7-10/h2-3,6,8,10H,4-5,7,20H2,1H3,(H,21,22,23)/q-1/t10-/m0/s1. The molecule has 1 fully saturated rings. The molecule has 0 aromatic carbocycles. The number of anilines is 2. The van der Waals surface area contributed by atoms with E-state index in [-0.39, 0.29) is 27.3 Å². The number of halogens is 2.